The second-order valence-corrected chi connectivity index (χ2v) is 1.94. The van der Waals surface area contributed by atoms with Gasteiger partial charge in [-0.25, -0.2) is 0 Å². The number of aromatic nitrogens is 5. The number of nitrogens with zero attached hydrogens (tertiary/aromatic N) is 5. The van der Waals surface area contributed by atoms with Gasteiger partial charge < -0.3 is 4.52 Å². The van der Waals surface area contributed by atoms with Crippen molar-refractivity contribution in [3.63, 3.8) is 0 Å². The minimum atomic E-state index is 0. The van der Waals surface area contributed by atoms with Crippen LogP contribution in [0.2, 0.25) is 0 Å². The smallest absolute Gasteiger partial charge is 0.0966 e. The summed E-state index contributed by atoms with van der Waals surface area (Å²) in [5.74, 6) is 0.466. The summed E-state index contributed by atoms with van der Waals surface area (Å²) < 4.78 is 4.56. The zero-order valence-corrected chi connectivity index (χ0v) is 8.45. The fraction of sp³-hybridized carbons (Fsp3) is 0.200. The maximum absolute atomic E-state index is 4.56. The molecule has 65 valence electrons. The molecule has 0 unspecified atom stereocenters. The molecule has 6 nitrogen and oxygen atoms in total. The second-order valence-electron chi connectivity index (χ2n) is 1.94. The van der Waals surface area contributed by atoms with Gasteiger partial charge in [0, 0.05) is 26.4 Å². The summed E-state index contributed by atoms with van der Waals surface area (Å²) in [6.45, 7) is 0. The third-order valence-corrected chi connectivity index (χ3v) is 1.14. The van der Waals surface area contributed by atoms with Crippen molar-refractivity contribution in [2.24, 2.45) is 7.05 Å². The predicted molar refractivity (Wildman–Crippen MR) is 33.1 cm³/mol. The Kier molecular flexibility index (Phi) is 2.67. The van der Waals surface area contributed by atoms with Crippen LogP contribution in [0.25, 0.3) is 11.4 Å². The van der Waals surface area contributed by atoms with Gasteiger partial charge in [0.05, 0.1) is 12.9 Å². The fourth-order valence-corrected chi connectivity index (χ4v) is 0.676. The zero-order valence-electron chi connectivity index (χ0n) is 6.05. The van der Waals surface area contributed by atoms with Gasteiger partial charge in [-0.3, -0.25) is 0 Å². The van der Waals surface area contributed by atoms with Gasteiger partial charge in [-0.2, -0.15) is 20.2 Å². The Hall–Kier alpha value is -1.07. The van der Waals surface area contributed by atoms with E-state index in [9.17, 15) is 0 Å². The molecular formula is C5H4IrN5O-. The van der Waals surface area contributed by atoms with E-state index in [-0.39, 0.29) is 20.1 Å². The summed E-state index contributed by atoms with van der Waals surface area (Å²) in [7, 11) is 1.68. The summed E-state index contributed by atoms with van der Waals surface area (Å²) in [6, 6.07) is 0. The van der Waals surface area contributed by atoms with Crippen LogP contribution < -0.4 is 0 Å². The van der Waals surface area contributed by atoms with E-state index in [1.165, 1.54) is 11.1 Å². The van der Waals surface area contributed by atoms with Crippen molar-refractivity contribution in [2.45, 2.75) is 0 Å². The Morgan fingerprint density at radius 2 is 2.42 bits per heavy atom. The minimum Gasteiger partial charge on any atom is -0.438 e. The van der Waals surface area contributed by atoms with Crippen LogP contribution >= 0.6 is 0 Å². The Labute approximate surface area is 81.3 Å². The maximum Gasteiger partial charge on any atom is 0.0966 e. The van der Waals surface area contributed by atoms with Crippen LogP contribution in [0.3, 0.4) is 0 Å². The van der Waals surface area contributed by atoms with Crippen molar-refractivity contribution in [3.8, 4) is 11.4 Å². The van der Waals surface area contributed by atoms with E-state index in [1.54, 1.807) is 7.05 Å². The van der Waals surface area contributed by atoms with Crippen LogP contribution in [0.5, 0.6) is 0 Å². The first-order valence-corrected chi connectivity index (χ1v) is 2.92. The molecule has 2 rings (SSSR count). The van der Waals surface area contributed by atoms with Crippen molar-refractivity contribution < 1.29 is 24.6 Å². The van der Waals surface area contributed by atoms with E-state index in [1.807, 2.05) is 0 Å². The Balaban J connectivity index is 0.000000720. The van der Waals surface area contributed by atoms with Gasteiger partial charge >= 0.3 is 0 Å². The topological polar surface area (TPSA) is 69.6 Å². The number of rotatable bonds is 1. The Bertz CT molecular complexity index is 342. The molecule has 2 aromatic heterocycles. The molecule has 0 amide bonds. The van der Waals surface area contributed by atoms with E-state index >= 15 is 0 Å². The van der Waals surface area contributed by atoms with Gasteiger partial charge in [0.2, 0.25) is 0 Å². The molecule has 0 aliphatic carbocycles. The molecule has 0 N–H and O–H groups in total. The fourth-order valence-electron chi connectivity index (χ4n) is 0.676. The Morgan fingerprint density at radius 1 is 1.58 bits per heavy atom. The van der Waals surface area contributed by atoms with Crippen molar-refractivity contribution in [1.29, 1.82) is 0 Å². The summed E-state index contributed by atoms with van der Waals surface area (Å²) in [6.07, 6.45) is 3.99. The second kappa shape index (κ2) is 3.55. The monoisotopic (exact) mass is 343 g/mol. The number of hydrogen-bond donors (Lipinski definition) is 0. The molecule has 0 fully saturated rings. The van der Waals surface area contributed by atoms with Crippen LogP contribution in [0.4, 0.5) is 0 Å². The van der Waals surface area contributed by atoms with Crippen molar-refractivity contribution >= 4 is 0 Å². The van der Waals surface area contributed by atoms with Crippen LogP contribution in [0.15, 0.2) is 10.8 Å². The molecular weight excluding hydrogens is 338 g/mol. The molecule has 1 radical (unpaired) electrons. The molecule has 0 bridgehead atoms. The molecule has 0 aromatic carbocycles. The normalized spacial score (nSPS) is 9.42. The Morgan fingerprint density at radius 3 is 2.92 bits per heavy atom. The average molecular weight is 342 g/mol. The number of hydrogen-bond acceptors (Lipinski definition) is 5. The molecule has 12 heavy (non-hydrogen) atoms. The maximum atomic E-state index is 4.56. The standard InChI is InChI=1S/C5H4N5O.Ir/c1-10-8-5(7-9-10)4-2-6-11-3-4;/h3H,1H3;/q-1;. The molecule has 7 heteroatoms. The van der Waals surface area contributed by atoms with Crippen LogP contribution in [0, 0.1) is 6.20 Å². The van der Waals surface area contributed by atoms with Crippen LogP contribution in [-0.4, -0.2) is 25.4 Å². The summed E-state index contributed by atoms with van der Waals surface area (Å²) in [5.41, 5.74) is 0.609. The molecule has 0 aliphatic heterocycles. The molecule has 0 saturated heterocycles. The molecule has 0 atom stereocenters. The van der Waals surface area contributed by atoms with Crippen molar-refractivity contribution in [2.75, 3.05) is 0 Å². The van der Waals surface area contributed by atoms with Gasteiger partial charge in [-0.1, -0.05) is 10.8 Å². The molecule has 0 aliphatic rings. The third kappa shape index (κ3) is 1.57. The first-order chi connectivity index (χ1) is 5.36. The van der Waals surface area contributed by atoms with Crippen LogP contribution in [0.1, 0.15) is 0 Å². The number of tetrazole rings is 1. The van der Waals surface area contributed by atoms with E-state index in [0.29, 0.717) is 11.4 Å². The molecule has 0 spiro atoms. The van der Waals surface area contributed by atoms with Gasteiger partial charge in [0.1, 0.15) is 0 Å². The van der Waals surface area contributed by atoms with E-state index in [0.717, 1.165) is 0 Å². The summed E-state index contributed by atoms with van der Waals surface area (Å²) in [5, 5.41) is 14.7. The minimum absolute atomic E-state index is 0. The van der Waals surface area contributed by atoms with E-state index in [2.05, 4.69) is 31.3 Å². The quantitative estimate of drug-likeness (QED) is 0.664. The third-order valence-electron chi connectivity index (χ3n) is 1.14. The summed E-state index contributed by atoms with van der Waals surface area (Å²) in [4.78, 5) is 1.36. The van der Waals surface area contributed by atoms with Gasteiger partial charge in [-0.05, 0) is 6.20 Å². The van der Waals surface area contributed by atoms with Gasteiger partial charge in [0.25, 0.3) is 0 Å². The van der Waals surface area contributed by atoms with Crippen molar-refractivity contribution in [3.05, 3.63) is 12.5 Å². The summed E-state index contributed by atoms with van der Waals surface area (Å²) >= 11 is 0. The van der Waals surface area contributed by atoms with E-state index in [4.69, 9.17) is 0 Å². The first-order valence-electron chi connectivity index (χ1n) is 2.92. The molecule has 0 saturated carbocycles. The van der Waals surface area contributed by atoms with Crippen LogP contribution in [-0.2, 0) is 27.2 Å². The SMILES string of the molecule is Cn1nnc(-c2[c-]noc2)n1.[Ir]. The average Bonchev–Trinajstić information content (AvgIpc) is 2.55. The van der Waals surface area contributed by atoms with E-state index < -0.39 is 0 Å². The molecule has 2 aromatic rings. The first kappa shape index (κ1) is 9.02. The number of aryl methyl sites for hydroxylation is 1. The molecule has 2 heterocycles. The van der Waals surface area contributed by atoms with Gasteiger partial charge in [-0.15, -0.1) is 0 Å². The predicted octanol–water partition coefficient (Wildman–Crippen LogP) is -0.337. The van der Waals surface area contributed by atoms with Crippen molar-refractivity contribution in [1.82, 2.24) is 25.4 Å². The zero-order chi connectivity index (χ0) is 7.68. The largest absolute Gasteiger partial charge is 0.438 e. The van der Waals surface area contributed by atoms with Gasteiger partial charge in [0.15, 0.2) is 0 Å².